The van der Waals surface area contributed by atoms with E-state index in [0.717, 1.165) is 6.54 Å². The Bertz CT molecular complexity index is 235. The molecule has 1 aromatic rings. The number of hydrogen-bond acceptors (Lipinski definition) is 3. The maximum Gasteiger partial charge on any atom is 0.140 e. The quantitative estimate of drug-likeness (QED) is 0.719. The van der Waals surface area contributed by atoms with Crippen LogP contribution in [0.15, 0.2) is 12.4 Å². The molecule has 0 radical (unpaired) electrons. The van der Waals surface area contributed by atoms with Crippen LogP contribution in [0.2, 0.25) is 0 Å². The van der Waals surface area contributed by atoms with Crippen molar-refractivity contribution in [2.24, 2.45) is 0 Å². The summed E-state index contributed by atoms with van der Waals surface area (Å²) in [5.41, 5.74) is 0. The maximum atomic E-state index is 9.51. The van der Waals surface area contributed by atoms with Crippen LogP contribution in [0.5, 0.6) is 0 Å². The van der Waals surface area contributed by atoms with Gasteiger partial charge in [0, 0.05) is 26.0 Å². The first-order valence-electron chi connectivity index (χ1n) is 3.97. The predicted molar refractivity (Wildman–Crippen MR) is 44.7 cm³/mol. The number of hydrogen-bond donors (Lipinski definition) is 1. The van der Waals surface area contributed by atoms with Crippen LogP contribution < -0.4 is 0 Å². The van der Waals surface area contributed by atoms with Gasteiger partial charge in [-0.1, -0.05) is 0 Å². The van der Waals surface area contributed by atoms with Gasteiger partial charge in [-0.3, -0.25) is 0 Å². The molecule has 0 aromatic carbocycles. The highest BCUT2D eigenvalue weighted by Gasteiger charge is 2.11. The molecule has 1 atom stereocenters. The number of imidazole rings is 1. The van der Waals surface area contributed by atoms with Gasteiger partial charge in [0.1, 0.15) is 11.9 Å². The summed E-state index contributed by atoms with van der Waals surface area (Å²) in [6.07, 6.45) is 2.90. The Morgan fingerprint density at radius 1 is 1.75 bits per heavy atom. The average molecular weight is 170 g/mol. The van der Waals surface area contributed by atoms with Crippen LogP contribution in [0, 0.1) is 0 Å². The third kappa shape index (κ3) is 1.84. The Morgan fingerprint density at radius 3 is 3.08 bits per heavy atom. The first kappa shape index (κ1) is 9.22. The average Bonchev–Trinajstić information content (AvgIpc) is 2.51. The highest BCUT2D eigenvalue weighted by atomic mass is 16.5. The lowest BCUT2D eigenvalue weighted by molar-refractivity contribution is 0.0566. The molecule has 0 amide bonds. The monoisotopic (exact) mass is 170 g/mol. The zero-order valence-electron chi connectivity index (χ0n) is 7.40. The molecule has 0 spiro atoms. The lowest BCUT2D eigenvalue weighted by Gasteiger charge is -2.10. The van der Waals surface area contributed by atoms with Gasteiger partial charge in [0.05, 0.1) is 6.61 Å². The Hall–Kier alpha value is -0.870. The fraction of sp³-hybridized carbons (Fsp3) is 0.625. The SMILES string of the molecule is CCn1ccnc1C(O)COC. The highest BCUT2D eigenvalue weighted by molar-refractivity contribution is 4.96. The molecule has 0 saturated carbocycles. The van der Waals surface area contributed by atoms with Gasteiger partial charge in [0.15, 0.2) is 0 Å². The van der Waals surface area contributed by atoms with Crippen molar-refractivity contribution in [1.82, 2.24) is 9.55 Å². The van der Waals surface area contributed by atoms with Crippen molar-refractivity contribution in [3.05, 3.63) is 18.2 Å². The van der Waals surface area contributed by atoms with E-state index < -0.39 is 6.10 Å². The zero-order valence-corrected chi connectivity index (χ0v) is 7.40. The number of aromatic nitrogens is 2. The molecule has 0 fully saturated rings. The van der Waals surface area contributed by atoms with E-state index in [4.69, 9.17) is 4.74 Å². The first-order chi connectivity index (χ1) is 5.79. The van der Waals surface area contributed by atoms with Crippen LogP contribution in [0.4, 0.5) is 0 Å². The lowest BCUT2D eigenvalue weighted by atomic mass is 10.3. The standard InChI is InChI=1S/C8H14N2O2/c1-3-10-5-4-9-8(10)7(11)6-12-2/h4-5,7,11H,3,6H2,1-2H3. The van der Waals surface area contributed by atoms with E-state index in [1.54, 1.807) is 13.3 Å². The van der Waals surface area contributed by atoms with Crippen molar-refractivity contribution < 1.29 is 9.84 Å². The van der Waals surface area contributed by atoms with E-state index in [-0.39, 0.29) is 6.61 Å². The molecule has 12 heavy (non-hydrogen) atoms. The molecule has 1 rings (SSSR count). The summed E-state index contributed by atoms with van der Waals surface area (Å²) in [6, 6.07) is 0. The van der Waals surface area contributed by atoms with E-state index in [1.165, 1.54) is 0 Å². The second kappa shape index (κ2) is 4.23. The maximum absolute atomic E-state index is 9.51. The fourth-order valence-corrected chi connectivity index (χ4v) is 1.12. The minimum atomic E-state index is -0.620. The molecular weight excluding hydrogens is 156 g/mol. The second-order valence-electron chi connectivity index (χ2n) is 2.54. The van der Waals surface area contributed by atoms with Gasteiger partial charge in [0.25, 0.3) is 0 Å². The van der Waals surface area contributed by atoms with Gasteiger partial charge in [0.2, 0.25) is 0 Å². The van der Waals surface area contributed by atoms with Gasteiger partial charge in [-0.25, -0.2) is 4.98 Å². The van der Waals surface area contributed by atoms with Gasteiger partial charge >= 0.3 is 0 Å². The molecule has 0 saturated heterocycles. The minimum Gasteiger partial charge on any atom is -0.383 e. The third-order valence-electron chi connectivity index (χ3n) is 1.71. The Labute approximate surface area is 71.8 Å². The number of aliphatic hydroxyl groups excluding tert-OH is 1. The summed E-state index contributed by atoms with van der Waals surface area (Å²) in [4.78, 5) is 4.04. The van der Waals surface area contributed by atoms with Crippen molar-refractivity contribution in [3.8, 4) is 0 Å². The molecule has 4 heteroatoms. The molecule has 0 aliphatic rings. The van der Waals surface area contributed by atoms with Crippen LogP contribution in [0.1, 0.15) is 18.9 Å². The van der Waals surface area contributed by atoms with E-state index in [1.807, 2.05) is 17.7 Å². The van der Waals surface area contributed by atoms with Crippen molar-refractivity contribution in [2.75, 3.05) is 13.7 Å². The van der Waals surface area contributed by atoms with Crippen molar-refractivity contribution in [3.63, 3.8) is 0 Å². The fourth-order valence-electron chi connectivity index (χ4n) is 1.12. The molecule has 1 unspecified atom stereocenters. The molecule has 4 nitrogen and oxygen atoms in total. The number of nitrogens with zero attached hydrogens (tertiary/aromatic N) is 2. The van der Waals surface area contributed by atoms with Crippen LogP contribution in [-0.2, 0) is 11.3 Å². The zero-order chi connectivity index (χ0) is 8.97. The molecule has 1 N–H and O–H groups in total. The first-order valence-corrected chi connectivity index (χ1v) is 3.97. The largest absolute Gasteiger partial charge is 0.383 e. The van der Waals surface area contributed by atoms with E-state index >= 15 is 0 Å². The smallest absolute Gasteiger partial charge is 0.140 e. The summed E-state index contributed by atoms with van der Waals surface area (Å²) in [6.45, 7) is 3.11. The lowest BCUT2D eigenvalue weighted by Crippen LogP contribution is -2.12. The highest BCUT2D eigenvalue weighted by Crippen LogP contribution is 2.09. The number of rotatable bonds is 4. The molecule has 0 bridgehead atoms. The van der Waals surface area contributed by atoms with Crippen LogP contribution in [-0.4, -0.2) is 28.4 Å². The van der Waals surface area contributed by atoms with Gasteiger partial charge in [-0.15, -0.1) is 0 Å². The summed E-state index contributed by atoms with van der Waals surface area (Å²) in [5, 5.41) is 9.51. The van der Waals surface area contributed by atoms with Crippen molar-refractivity contribution >= 4 is 0 Å². The summed E-state index contributed by atoms with van der Waals surface area (Å²) in [7, 11) is 1.56. The summed E-state index contributed by atoms with van der Waals surface area (Å²) < 4.78 is 6.72. The Morgan fingerprint density at radius 2 is 2.50 bits per heavy atom. The third-order valence-corrected chi connectivity index (χ3v) is 1.71. The van der Waals surface area contributed by atoms with Crippen LogP contribution >= 0.6 is 0 Å². The normalized spacial score (nSPS) is 13.2. The second-order valence-corrected chi connectivity index (χ2v) is 2.54. The van der Waals surface area contributed by atoms with Crippen LogP contribution in [0.25, 0.3) is 0 Å². The number of methoxy groups -OCH3 is 1. The molecule has 0 aliphatic carbocycles. The van der Waals surface area contributed by atoms with E-state index in [0.29, 0.717) is 5.82 Å². The van der Waals surface area contributed by atoms with Crippen LogP contribution in [0.3, 0.4) is 0 Å². The topological polar surface area (TPSA) is 47.3 Å². The predicted octanol–water partition coefficient (Wildman–Crippen LogP) is 0.583. The van der Waals surface area contributed by atoms with E-state index in [9.17, 15) is 5.11 Å². The van der Waals surface area contributed by atoms with Gasteiger partial charge in [-0.2, -0.15) is 0 Å². The molecule has 1 heterocycles. The molecule has 0 aliphatic heterocycles. The summed E-state index contributed by atoms with van der Waals surface area (Å²) in [5.74, 6) is 0.666. The molecular formula is C8H14N2O2. The number of aliphatic hydroxyl groups is 1. The van der Waals surface area contributed by atoms with Gasteiger partial charge in [-0.05, 0) is 6.92 Å². The Kier molecular flexibility index (Phi) is 3.25. The van der Waals surface area contributed by atoms with E-state index in [2.05, 4.69) is 4.98 Å². The van der Waals surface area contributed by atoms with Crippen molar-refractivity contribution in [2.45, 2.75) is 19.6 Å². The van der Waals surface area contributed by atoms with Gasteiger partial charge < -0.3 is 14.4 Å². The number of ether oxygens (including phenoxy) is 1. The number of aryl methyl sites for hydroxylation is 1. The minimum absolute atomic E-state index is 0.289. The molecule has 1 aromatic heterocycles. The summed E-state index contributed by atoms with van der Waals surface area (Å²) >= 11 is 0. The van der Waals surface area contributed by atoms with Crippen molar-refractivity contribution in [1.29, 1.82) is 0 Å². The Balaban J connectivity index is 2.71. The molecule has 68 valence electrons.